The smallest absolute Gasteiger partial charge is 0.0767 e. The van der Waals surface area contributed by atoms with Gasteiger partial charge in [-0.25, -0.2) is 0 Å². The van der Waals surface area contributed by atoms with Crippen molar-refractivity contribution >= 4 is 0 Å². The highest BCUT2D eigenvalue weighted by Crippen LogP contribution is 2.29. The average molecular weight is 228 g/mol. The second-order valence-electron chi connectivity index (χ2n) is 5.22. The van der Waals surface area contributed by atoms with E-state index >= 15 is 0 Å². The van der Waals surface area contributed by atoms with Crippen molar-refractivity contribution in [3.63, 3.8) is 0 Å². The molecule has 0 radical (unpaired) electrons. The Balaban J connectivity index is 2.15. The first kappa shape index (κ1) is 13.9. The topological polar surface area (TPSA) is 49.5 Å². The molecule has 0 bridgehead atoms. The zero-order chi connectivity index (χ0) is 12.0. The van der Waals surface area contributed by atoms with E-state index < -0.39 is 5.60 Å². The maximum atomic E-state index is 10.1. The maximum absolute atomic E-state index is 10.1. The predicted molar refractivity (Wildman–Crippen MR) is 68.4 cm³/mol. The highest BCUT2D eigenvalue weighted by molar-refractivity contribution is 4.80. The molecular formula is C13H28N2O. The molecule has 1 aliphatic carbocycles. The van der Waals surface area contributed by atoms with Crippen molar-refractivity contribution in [3.8, 4) is 0 Å². The molecule has 1 unspecified atom stereocenters. The summed E-state index contributed by atoms with van der Waals surface area (Å²) < 4.78 is 0. The van der Waals surface area contributed by atoms with Crippen molar-refractivity contribution < 1.29 is 5.11 Å². The molecule has 3 nitrogen and oxygen atoms in total. The largest absolute Gasteiger partial charge is 0.389 e. The van der Waals surface area contributed by atoms with Crippen molar-refractivity contribution in [3.05, 3.63) is 0 Å². The van der Waals surface area contributed by atoms with Crippen LogP contribution in [0.5, 0.6) is 0 Å². The Morgan fingerprint density at radius 1 is 1.38 bits per heavy atom. The van der Waals surface area contributed by atoms with Crippen molar-refractivity contribution in [1.29, 1.82) is 0 Å². The number of nitrogens with zero attached hydrogens (tertiary/aromatic N) is 1. The average Bonchev–Trinajstić information content (AvgIpc) is 3.11. The Bertz CT molecular complexity index is 188. The van der Waals surface area contributed by atoms with Gasteiger partial charge in [0.15, 0.2) is 0 Å². The lowest BCUT2D eigenvalue weighted by molar-refractivity contribution is 0.0316. The van der Waals surface area contributed by atoms with Gasteiger partial charge >= 0.3 is 0 Å². The Morgan fingerprint density at radius 3 is 2.50 bits per heavy atom. The molecule has 0 aromatic heterocycles. The van der Waals surface area contributed by atoms with Crippen molar-refractivity contribution in [1.82, 2.24) is 4.90 Å². The standard InChI is InChI=1S/C13H28N2O/c1-3-13(16,11-14)8-5-9-15(4-2)10-12-6-7-12/h12,16H,3-11,14H2,1-2H3. The summed E-state index contributed by atoms with van der Waals surface area (Å²) in [5.41, 5.74) is 4.97. The summed E-state index contributed by atoms with van der Waals surface area (Å²) in [4.78, 5) is 2.50. The molecule has 1 atom stereocenters. The van der Waals surface area contributed by atoms with Gasteiger partial charge in [-0.05, 0) is 51.1 Å². The fourth-order valence-corrected chi connectivity index (χ4v) is 2.10. The molecule has 0 aliphatic heterocycles. The first-order valence-electron chi connectivity index (χ1n) is 6.78. The second-order valence-corrected chi connectivity index (χ2v) is 5.22. The van der Waals surface area contributed by atoms with E-state index in [1.54, 1.807) is 0 Å². The monoisotopic (exact) mass is 228 g/mol. The van der Waals surface area contributed by atoms with Crippen LogP contribution in [0.1, 0.15) is 46.0 Å². The molecule has 0 aromatic rings. The summed E-state index contributed by atoms with van der Waals surface area (Å²) in [6, 6.07) is 0. The maximum Gasteiger partial charge on any atom is 0.0767 e. The van der Waals surface area contributed by atoms with Crippen LogP contribution >= 0.6 is 0 Å². The zero-order valence-corrected chi connectivity index (χ0v) is 10.9. The van der Waals surface area contributed by atoms with Gasteiger partial charge in [-0.15, -0.1) is 0 Å². The molecule has 0 saturated heterocycles. The predicted octanol–water partition coefficient (Wildman–Crippen LogP) is 1.60. The van der Waals surface area contributed by atoms with Gasteiger partial charge in [0, 0.05) is 13.1 Å². The number of rotatable bonds is 9. The summed E-state index contributed by atoms with van der Waals surface area (Å²) in [5, 5.41) is 10.1. The quantitative estimate of drug-likeness (QED) is 0.630. The van der Waals surface area contributed by atoms with Crippen molar-refractivity contribution in [2.45, 2.75) is 51.6 Å². The Kier molecular flexibility index (Phi) is 5.73. The highest BCUT2D eigenvalue weighted by atomic mass is 16.3. The second kappa shape index (κ2) is 6.58. The number of hydrogen-bond donors (Lipinski definition) is 2. The lowest BCUT2D eigenvalue weighted by atomic mass is 9.95. The van der Waals surface area contributed by atoms with E-state index in [-0.39, 0.29) is 0 Å². The van der Waals surface area contributed by atoms with Crippen molar-refractivity contribution in [2.75, 3.05) is 26.2 Å². The van der Waals surface area contributed by atoms with Gasteiger partial charge < -0.3 is 15.7 Å². The molecule has 0 spiro atoms. The molecule has 1 aliphatic rings. The minimum atomic E-state index is -0.626. The normalized spacial score (nSPS) is 20.1. The zero-order valence-electron chi connectivity index (χ0n) is 10.9. The van der Waals surface area contributed by atoms with Crippen LogP contribution in [0.15, 0.2) is 0 Å². The third-order valence-corrected chi connectivity index (χ3v) is 3.82. The molecular weight excluding hydrogens is 200 g/mol. The summed E-state index contributed by atoms with van der Waals surface area (Å²) >= 11 is 0. The molecule has 16 heavy (non-hydrogen) atoms. The summed E-state index contributed by atoms with van der Waals surface area (Å²) in [7, 11) is 0. The summed E-state index contributed by atoms with van der Waals surface area (Å²) in [6.45, 7) is 8.10. The van der Waals surface area contributed by atoms with E-state index in [0.29, 0.717) is 6.54 Å². The van der Waals surface area contributed by atoms with Crippen LogP contribution in [0.4, 0.5) is 0 Å². The molecule has 0 aromatic carbocycles. The third kappa shape index (κ3) is 4.81. The van der Waals surface area contributed by atoms with E-state index in [4.69, 9.17) is 5.73 Å². The summed E-state index contributed by atoms with van der Waals surface area (Å²) in [5.74, 6) is 0.958. The SMILES string of the molecule is CCN(CCCC(O)(CC)CN)CC1CC1. The van der Waals surface area contributed by atoms with Gasteiger partial charge in [-0.1, -0.05) is 13.8 Å². The van der Waals surface area contributed by atoms with Crippen LogP contribution in [0.3, 0.4) is 0 Å². The first-order chi connectivity index (χ1) is 7.63. The van der Waals surface area contributed by atoms with Crippen LogP contribution in [-0.4, -0.2) is 41.8 Å². The number of nitrogens with two attached hydrogens (primary N) is 1. The van der Waals surface area contributed by atoms with Gasteiger partial charge in [0.25, 0.3) is 0 Å². The lowest BCUT2D eigenvalue weighted by Crippen LogP contribution is -2.38. The molecule has 1 saturated carbocycles. The lowest BCUT2D eigenvalue weighted by Gasteiger charge is -2.27. The van der Waals surface area contributed by atoms with E-state index in [1.165, 1.54) is 19.4 Å². The van der Waals surface area contributed by atoms with Crippen LogP contribution in [0, 0.1) is 5.92 Å². The van der Waals surface area contributed by atoms with Crippen molar-refractivity contribution in [2.24, 2.45) is 11.7 Å². The Hall–Kier alpha value is -0.120. The minimum Gasteiger partial charge on any atom is -0.389 e. The number of hydrogen-bond acceptors (Lipinski definition) is 3. The Morgan fingerprint density at radius 2 is 2.06 bits per heavy atom. The van der Waals surface area contributed by atoms with E-state index in [2.05, 4.69) is 11.8 Å². The van der Waals surface area contributed by atoms with Gasteiger partial charge in [0.05, 0.1) is 5.60 Å². The van der Waals surface area contributed by atoms with Gasteiger partial charge in [0.2, 0.25) is 0 Å². The van der Waals surface area contributed by atoms with E-state index in [9.17, 15) is 5.11 Å². The molecule has 0 heterocycles. The first-order valence-corrected chi connectivity index (χ1v) is 6.78. The molecule has 0 amide bonds. The van der Waals surface area contributed by atoms with Crippen LogP contribution in [0.25, 0.3) is 0 Å². The van der Waals surface area contributed by atoms with Gasteiger partial charge in [-0.3, -0.25) is 0 Å². The van der Waals surface area contributed by atoms with Crippen LogP contribution < -0.4 is 5.73 Å². The molecule has 3 N–H and O–H groups in total. The Labute approximate surface area is 100 Å². The fraction of sp³-hybridized carbons (Fsp3) is 1.00. The van der Waals surface area contributed by atoms with Crippen LogP contribution in [0.2, 0.25) is 0 Å². The highest BCUT2D eigenvalue weighted by Gasteiger charge is 2.25. The summed E-state index contributed by atoms with van der Waals surface area (Å²) in [6.07, 6.45) is 5.48. The van der Waals surface area contributed by atoms with Crippen LogP contribution in [-0.2, 0) is 0 Å². The molecule has 96 valence electrons. The van der Waals surface area contributed by atoms with E-state index in [1.807, 2.05) is 6.92 Å². The third-order valence-electron chi connectivity index (χ3n) is 3.82. The molecule has 1 rings (SSSR count). The van der Waals surface area contributed by atoms with Gasteiger partial charge in [-0.2, -0.15) is 0 Å². The molecule has 3 heteroatoms. The number of aliphatic hydroxyl groups is 1. The minimum absolute atomic E-state index is 0.387. The van der Waals surface area contributed by atoms with E-state index in [0.717, 1.165) is 38.3 Å². The van der Waals surface area contributed by atoms with Gasteiger partial charge in [0.1, 0.15) is 0 Å². The fourth-order valence-electron chi connectivity index (χ4n) is 2.10. The molecule has 1 fully saturated rings.